The van der Waals surface area contributed by atoms with E-state index in [-0.39, 0.29) is 0 Å². The largest absolute Gasteiger partial charge is 0.378 e. The molecule has 0 fully saturated rings. The number of hydrogen-bond donors (Lipinski definition) is 1. The summed E-state index contributed by atoms with van der Waals surface area (Å²) in [6, 6.07) is 25.9. The summed E-state index contributed by atoms with van der Waals surface area (Å²) in [4.78, 5) is 4.62. The van der Waals surface area contributed by atoms with Gasteiger partial charge in [-0.05, 0) is 59.4 Å². The zero-order valence-corrected chi connectivity index (χ0v) is 17.0. The second-order valence-electron chi connectivity index (χ2n) is 7.46. The summed E-state index contributed by atoms with van der Waals surface area (Å²) in [5.41, 5.74) is 6.09. The summed E-state index contributed by atoms with van der Waals surface area (Å²) in [7, 11) is 0. The SMILES string of the molecule is Brc1ccc(C=Nc2ccc([C@@H]3Nc4ccccc4[C@@H]4C=CC[C@H]43)cc2)cc1. The average Bonchev–Trinajstić information content (AvgIpc) is 3.23. The van der Waals surface area contributed by atoms with Crippen LogP contribution in [0.15, 0.2) is 94.4 Å². The summed E-state index contributed by atoms with van der Waals surface area (Å²) >= 11 is 3.46. The Kier molecular flexibility index (Phi) is 4.61. The maximum atomic E-state index is 4.62. The lowest BCUT2D eigenvalue weighted by Gasteiger charge is -2.37. The first-order valence-electron chi connectivity index (χ1n) is 9.70. The minimum Gasteiger partial charge on any atom is -0.378 e. The van der Waals surface area contributed by atoms with Gasteiger partial charge in [0.05, 0.1) is 11.7 Å². The highest BCUT2D eigenvalue weighted by Gasteiger charge is 2.37. The van der Waals surface area contributed by atoms with Crippen LogP contribution in [-0.2, 0) is 0 Å². The number of aliphatic imine (C=N–C) groups is 1. The van der Waals surface area contributed by atoms with E-state index in [0.717, 1.165) is 22.1 Å². The van der Waals surface area contributed by atoms with Crippen molar-refractivity contribution in [3.63, 3.8) is 0 Å². The summed E-state index contributed by atoms with van der Waals surface area (Å²) in [6.07, 6.45) is 7.75. The van der Waals surface area contributed by atoms with Gasteiger partial charge >= 0.3 is 0 Å². The highest BCUT2D eigenvalue weighted by atomic mass is 79.9. The summed E-state index contributed by atoms with van der Waals surface area (Å²) in [6.45, 7) is 0. The molecule has 3 aromatic rings. The molecule has 0 unspecified atom stereocenters. The van der Waals surface area contributed by atoms with Crippen molar-refractivity contribution >= 4 is 33.5 Å². The predicted octanol–water partition coefficient (Wildman–Crippen LogP) is 7.03. The van der Waals surface area contributed by atoms with E-state index in [4.69, 9.17) is 0 Å². The van der Waals surface area contributed by atoms with Crippen LogP contribution in [0.5, 0.6) is 0 Å². The summed E-state index contributed by atoms with van der Waals surface area (Å²) in [5.74, 6) is 1.09. The number of halogens is 1. The van der Waals surface area contributed by atoms with Gasteiger partial charge in [-0.2, -0.15) is 0 Å². The second-order valence-corrected chi connectivity index (χ2v) is 8.38. The third-order valence-corrected chi connectivity index (χ3v) is 6.29. The van der Waals surface area contributed by atoms with Crippen molar-refractivity contribution in [1.29, 1.82) is 0 Å². The van der Waals surface area contributed by atoms with Crippen molar-refractivity contribution in [1.82, 2.24) is 0 Å². The number of rotatable bonds is 3. The Labute approximate surface area is 174 Å². The van der Waals surface area contributed by atoms with Gasteiger partial charge < -0.3 is 5.32 Å². The fourth-order valence-corrected chi connectivity index (χ4v) is 4.60. The topological polar surface area (TPSA) is 24.4 Å². The molecule has 0 saturated heterocycles. The molecule has 0 spiro atoms. The van der Waals surface area contributed by atoms with Crippen LogP contribution in [0.25, 0.3) is 0 Å². The minimum absolute atomic E-state index is 0.333. The molecule has 0 amide bonds. The highest BCUT2D eigenvalue weighted by molar-refractivity contribution is 9.10. The van der Waals surface area contributed by atoms with E-state index in [0.29, 0.717) is 17.9 Å². The van der Waals surface area contributed by atoms with Gasteiger partial charge in [-0.15, -0.1) is 0 Å². The third kappa shape index (κ3) is 3.31. The van der Waals surface area contributed by atoms with E-state index < -0.39 is 0 Å². The molecule has 1 aliphatic heterocycles. The minimum atomic E-state index is 0.333. The number of anilines is 1. The molecule has 0 bridgehead atoms. The summed E-state index contributed by atoms with van der Waals surface area (Å²) in [5, 5.41) is 3.78. The number of allylic oxidation sites excluding steroid dienone is 2. The van der Waals surface area contributed by atoms with E-state index in [1.54, 1.807) is 0 Å². The molecule has 2 nitrogen and oxygen atoms in total. The van der Waals surface area contributed by atoms with Crippen LogP contribution in [0.4, 0.5) is 11.4 Å². The van der Waals surface area contributed by atoms with Gasteiger partial charge in [0.15, 0.2) is 0 Å². The molecule has 0 radical (unpaired) electrons. The number of nitrogens with one attached hydrogen (secondary N) is 1. The zero-order chi connectivity index (χ0) is 18.9. The van der Waals surface area contributed by atoms with Crippen LogP contribution in [0.2, 0.25) is 0 Å². The molecular formula is C25H21BrN2. The maximum Gasteiger partial charge on any atom is 0.0630 e. The molecule has 0 aromatic heterocycles. The fraction of sp³-hybridized carbons (Fsp3) is 0.160. The molecule has 1 N–H and O–H groups in total. The van der Waals surface area contributed by atoms with Crippen LogP contribution in [0.3, 0.4) is 0 Å². The molecular weight excluding hydrogens is 408 g/mol. The van der Waals surface area contributed by atoms with Crippen molar-refractivity contribution in [3.8, 4) is 0 Å². The molecule has 3 aromatic carbocycles. The molecule has 1 heterocycles. The predicted molar refractivity (Wildman–Crippen MR) is 121 cm³/mol. The Morgan fingerprint density at radius 3 is 2.54 bits per heavy atom. The lowest BCUT2D eigenvalue weighted by Crippen LogP contribution is -2.28. The zero-order valence-electron chi connectivity index (χ0n) is 15.4. The first kappa shape index (κ1) is 17.4. The van der Waals surface area contributed by atoms with Gasteiger partial charge in [-0.3, -0.25) is 4.99 Å². The van der Waals surface area contributed by atoms with Crippen molar-refractivity contribution < 1.29 is 0 Å². The Balaban J connectivity index is 1.38. The molecule has 0 saturated carbocycles. The Morgan fingerprint density at radius 2 is 1.71 bits per heavy atom. The lowest BCUT2D eigenvalue weighted by atomic mass is 9.77. The number of para-hydroxylation sites is 1. The summed E-state index contributed by atoms with van der Waals surface area (Å²) < 4.78 is 1.08. The third-order valence-electron chi connectivity index (χ3n) is 5.76. The van der Waals surface area contributed by atoms with Gasteiger partial charge in [0.2, 0.25) is 0 Å². The van der Waals surface area contributed by atoms with Crippen LogP contribution in [-0.4, -0.2) is 6.21 Å². The molecule has 3 heteroatoms. The van der Waals surface area contributed by atoms with E-state index in [1.807, 2.05) is 18.3 Å². The van der Waals surface area contributed by atoms with Gasteiger partial charge in [0, 0.05) is 22.3 Å². The van der Waals surface area contributed by atoms with Gasteiger partial charge in [0.1, 0.15) is 0 Å². The van der Waals surface area contributed by atoms with Crippen molar-refractivity contribution in [2.24, 2.45) is 10.9 Å². The van der Waals surface area contributed by atoms with Crippen LogP contribution >= 0.6 is 15.9 Å². The number of fused-ring (bicyclic) bond motifs is 3. The quantitative estimate of drug-likeness (QED) is 0.351. The first-order valence-corrected chi connectivity index (χ1v) is 10.5. The normalized spacial score (nSPS) is 22.7. The molecule has 1 aliphatic carbocycles. The average molecular weight is 429 g/mol. The van der Waals surface area contributed by atoms with Crippen LogP contribution in [0, 0.1) is 5.92 Å². The number of benzene rings is 3. The lowest BCUT2D eigenvalue weighted by molar-refractivity contribution is 0.425. The maximum absolute atomic E-state index is 4.62. The van der Waals surface area contributed by atoms with Crippen molar-refractivity contribution in [2.75, 3.05) is 5.32 Å². The molecule has 28 heavy (non-hydrogen) atoms. The Bertz CT molecular complexity index is 1030. The highest BCUT2D eigenvalue weighted by Crippen LogP contribution is 2.49. The molecule has 2 aliphatic rings. The standard InChI is InChI=1S/C25H21BrN2/c26-19-12-8-17(9-13-19)16-27-20-14-10-18(11-15-20)25-23-6-3-5-21(23)22-4-1-2-7-24(22)28-25/h1-5,7-16,21,23,25,28H,6H2/t21-,23+,25-/m0/s1. The fourth-order valence-electron chi connectivity index (χ4n) is 4.34. The van der Waals surface area contributed by atoms with E-state index in [9.17, 15) is 0 Å². The van der Waals surface area contributed by atoms with Crippen LogP contribution in [0.1, 0.15) is 35.1 Å². The molecule has 3 atom stereocenters. The van der Waals surface area contributed by atoms with E-state index in [1.165, 1.54) is 16.8 Å². The van der Waals surface area contributed by atoms with Gasteiger partial charge in [0.25, 0.3) is 0 Å². The van der Waals surface area contributed by atoms with E-state index >= 15 is 0 Å². The van der Waals surface area contributed by atoms with Crippen LogP contribution < -0.4 is 5.32 Å². The van der Waals surface area contributed by atoms with Crippen molar-refractivity contribution in [3.05, 3.63) is 106 Å². The van der Waals surface area contributed by atoms with E-state index in [2.05, 4.69) is 99.1 Å². The molecule has 138 valence electrons. The van der Waals surface area contributed by atoms with Gasteiger partial charge in [-0.25, -0.2) is 0 Å². The Hall–Kier alpha value is -2.65. The number of hydrogen-bond acceptors (Lipinski definition) is 2. The molecule has 5 rings (SSSR count). The van der Waals surface area contributed by atoms with Gasteiger partial charge in [-0.1, -0.05) is 70.5 Å². The first-order chi connectivity index (χ1) is 13.8. The smallest absolute Gasteiger partial charge is 0.0630 e. The monoisotopic (exact) mass is 428 g/mol. The second kappa shape index (κ2) is 7.40. The van der Waals surface area contributed by atoms with Crippen molar-refractivity contribution in [2.45, 2.75) is 18.4 Å². The number of nitrogens with zero attached hydrogens (tertiary/aromatic N) is 1. The Morgan fingerprint density at radius 1 is 0.929 bits per heavy atom.